The van der Waals surface area contributed by atoms with Crippen LogP contribution < -0.4 is 4.74 Å². The number of hydrogen-bond donors (Lipinski definition) is 0. The molecule has 22 heavy (non-hydrogen) atoms. The molecule has 0 N–H and O–H groups in total. The van der Waals surface area contributed by atoms with E-state index in [0.717, 1.165) is 0 Å². The van der Waals surface area contributed by atoms with Crippen LogP contribution in [0.15, 0.2) is 18.2 Å². The highest BCUT2D eigenvalue weighted by Gasteiger charge is 2.37. The van der Waals surface area contributed by atoms with E-state index in [4.69, 9.17) is 67.5 Å². The van der Waals surface area contributed by atoms with Crippen molar-refractivity contribution in [2.24, 2.45) is 0 Å². The molecule has 0 aromatic heterocycles. The fourth-order valence-corrected chi connectivity index (χ4v) is 3.17. The maximum atomic E-state index is 11.8. The SMILES string of the molecule is CC(C)S[C@H](OC(=O)COc1ccc(Cl)cc1Cl)C(Cl)(Cl)Cl. The number of benzene rings is 1. The summed E-state index contributed by atoms with van der Waals surface area (Å²) >= 11 is 30.3. The third-order valence-corrected chi connectivity index (χ3v) is 4.90. The first-order valence-corrected chi connectivity index (χ1v) is 8.92. The highest BCUT2D eigenvalue weighted by atomic mass is 35.6. The second-order valence-electron chi connectivity index (χ2n) is 4.41. The molecule has 0 unspecified atom stereocenters. The molecule has 0 bridgehead atoms. The summed E-state index contributed by atoms with van der Waals surface area (Å²) in [4.78, 5) is 11.8. The molecule has 0 aliphatic heterocycles. The van der Waals surface area contributed by atoms with Crippen molar-refractivity contribution in [2.75, 3.05) is 6.61 Å². The molecule has 1 aromatic carbocycles. The molecule has 0 radical (unpaired) electrons. The van der Waals surface area contributed by atoms with Crippen molar-refractivity contribution >= 4 is 75.7 Å². The molecule has 0 saturated heterocycles. The summed E-state index contributed by atoms with van der Waals surface area (Å²) < 4.78 is 8.68. The standard InChI is InChI=1S/C13H13Cl5O3S/c1-7(2)22-12(13(16,17)18)21-11(19)6-20-10-4-3-8(14)5-9(10)15/h3-5,7,12H,6H2,1-2H3/t12-/m0/s1. The Bertz CT molecular complexity index is 519. The zero-order chi connectivity index (χ0) is 16.9. The van der Waals surface area contributed by atoms with Gasteiger partial charge in [0, 0.05) is 10.3 Å². The van der Waals surface area contributed by atoms with E-state index in [1.165, 1.54) is 17.8 Å². The molecule has 0 heterocycles. The predicted octanol–water partition coefficient (Wildman–Crippen LogP) is 5.75. The molecule has 0 fully saturated rings. The molecule has 9 heteroatoms. The summed E-state index contributed by atoms with van der Waals surface area (Å²) in [7, 11) is 0. The van der Waals surface area contributed by atoms with Crippen molar-refractivity contribution in [3.8, 4) is 5.75 Å². The van der Waals surface area contributed by atoms with Crippen molar-refractivity contribution in [3.05, 3.63) is 28.2 Å². The van der Waals surface area contributed by atoms with Crippen molar-refractivity contribution in [1.82, 2.24) is 0 Å². The smallest absolute Gasteiger partial charge is 0.345 e. The minimum absolute atomic E-state index is 0.111. The van der Waals surface area contributed by atoms with Gasteiger partial charge in [-0.15, -0.1) is 11.8 Å². The van der Waals surface area contributed by atoms with Crippen LogP contribution in [0.5, 0.6) is 5.75 Å². The van der Waals surface area contributed by atoms with E-state index in [1.807, 2.05) is 13.8 Å². The van der Waals surface area contributed by atoms with Gasteiger partial charge in [-0.25, -0.2) is 4.79 Å². The lowest BCUT2D eigenvalue weighted by Crippen LogP contribution is -2.31. The van der Waals surface area contributed by atoms with E-state index in [-0.39, 0.29) is 16.9 Å². The summed E-state index contributed by atoms with van der Waals surface area (Å²) in [6.07, 6.45) is 0. The largest absolute Gasteiger partial charge is 0.480 e. The Labute approximate surface area is 158 Å². The molecule has 1 rings (SSSR count). The van der Waals surface area contributed by atoms with E-state index < -0.39 is 15.2 Å². The van der Waals surface area contributed by atoms with Crippen molar-refractivity contribution < 1.29 is 14.3 Å². The first-order valence-electron chi connectivity index (χ1n) is 6.09. The molecule has 1 atom stereocenters. The molecule has 0 spiro atoms. The summed E-state index contributed by atoms with van der Waals surface area (Å²) in [5.41, 5.74) is -0.936. The van der Waals surface area contributed by atoms with Gasteiger partial charge in [0.15, 0.2) is 12.0 Å². The average molecular weight is 427 g/mol. The van der Waals surface area contributed by atoms with Crippen LogP contribution in [0.4, 0.5) is 0 Å². The lowest BCUT2D eigenvalue weighted by molar-refractivity contribution is -0.147. The Kier molecular flexibility index (Phi) is 8.27. The van der Waals surface area contributed by atoms with Crippen LogP contribution in [0.1, 0.15) is 13.8 Å². The molecule has 0 saturated carbocycles. The molecule has 1 aromatic rings. The van der Waals surface area contributed by atoms with Gasteiger partial charge in [0.25, 0.3) is 0 Å². The molecule has 0 aliphatic carbocycles. The molecular weight excluding hydrogens is 413 g/mol. The van der Waals surface area contributed by atoms with Crippen LogP contribution in [-0.2, 0) is 9.53 Å². The molecule has 0 amide bonds. The van der Waals surface area contributed by atoms with Crippen LogP contribution in [0.25, 0.3) is 0 Å². The van der Waals surface area contributed by atoms with Crippen LogP contribution in [-0.4, -0.2) is 27.1 Å². The first-order chi connectivity index (χ1) is 10.1. The summed E-state index contributed by atoms with van der Waals surface area (Å²) in [5, 5.41) is 0.861. The zero-order valence-corrected chi connectivity index (χ0v) is 16.2. The number of thioether (sulfide) groups is 1. The molecular formula is C13H13Cl5O3S. The minimum Gasteiger partial charge on any atom is -0.480 e. The number of ether oxygens (including phenoxy) is 2. The fourth-order valence-electron chi connectivity index (χ4n) is 1.30. The average Bonchev–Trinajstić information content (AvgIpc) is 2.35. The molecule has 124 valence electrons. The summed E-state index contributed by atoms with van der Waals surface area (Å²) in [5.74, 6) is -0.361. The topological polar surface area (TPSA) is 35.5 Å². The first kappa shape index (κ1) is 20.3. The van der Waals surface area contributed by atoms with Gasteiger partial charge in [-0.3, -0.25) is 0 Å². The Hall–Kier alpha value is 0.290. The van der Waals surface area contributed by atoms with Crippen LogP contribution in [0, 0.1) is 0 Å². The van der Waals surface area contributed by atoms with Crippen molar-refractivity contribution in [3.63, 3.8) is 0 Å². The van der Waals surface area contributed by atoms with E-state index in [0.29, 0.717) is 10.8 Å². The van der Waals surface area contributed by atoms with Crippen LogP contribution in [0.2, 0.25) is 10.0 Å². The van der Waals surface area contributed by atoms with Gasteiger partial charge in [-0.2, -0.15) is 0 Å². The van der Waals surface area contributed by atoms with Crippen molar-refractivity contribution in [1.29, 1.82) is 0 Å². The highest BCUT2D eigenvalue weighted by Crippen LogP contribution is 2.40. The fraction of sp³-hybridized carbons (Fsp3) is 0.462. The lowest BCUT2D eigenvalue weighted by Gasteiger charge is -2.25. The maximum Gasteiger partial charge on any atom is 0.345 e. The Balaban J connectivity index is 2.60. The predicted molar refractivity (Wildman–Crippen MR) is 94.9 cm³/mol. The van der Waals surface area contributed by atoms with Gasteiger partial charge in [0.05, 0.1) is 5.02 Å². The number of carbonyl (C=O) groups is 1. The van der Waals surface area contributed by atoms with Crippen molar-refractivity contribution in [2.45, 2.75) is 28.3 Å². The lowest BCUT2D eigenvalue weighted by atomic mass is 10.3. The van der Waals surface area contributed by atoms with E-state index in [2.05, 4.69) is 0 Å². The number of rotatable bonds is 6. The number of alkyl halides is 3. The molecule has 3 nitrogen and oxygen atoms in total. The van der Waals surface area contributed by atoms with E-state index in [1.54, 1.807) is 12.1 Å². The second kappa shape index (κ2) is 8.95. The van der Waals surface area contributed by atoms with Crippen LogP contribution >= 0.6 is 69.8 Å². The Morgan fingerprint density at radius 2 is 1.91 bits per heavy atom. The van der Waals surface area contributed by atoms with Gasteiger partial charge in [-0.05, 0) is 18.2 Å². The third kappa shape index (κ3) is 7.24. The van der Waals surface area contributed by atoms with E-state index >= 15 is 0 Å². The number of hydrogen-bond acceptors (Lipinski definition) is 4. The maximum absolute atomic E-state index is 11.8. The van der Waals surface area contributed by atoms with Crippen LogP contribution in [0.3, 0.4) is 0 Å². The number of carbonyl (C=O) groups excluding carboxylic acids is 1. The second-order valence-corrected chi connectivity index (χ2v) is 9.27. The monoisotopic (exact) mass is 424 g/mol. The quantitative estimate of drug-likeness (QED) is 0.329. The zero-order valence-electron chi connectivity index (χ0n) is 11.6. The third-order valence-electron chi connectivity index (χ3n) is 2.14. The number of halogens is 5. The summed E-state index contributed by atoms with van der Waals surface area (Å²) in [6, 6.07) is 4.64. The minimum atomic E-state index is -1.73. The van der Waals surface area contributed by atoms with Gasteiger partial charge in [0.1, 0.15) is 5.75 Å². The summed E-state index contributed by atoms with van der Waals surface area (Å²) in [6.45, 7) is 3.43. The normalized spacial score (nSPS) is 13.1. The van der Waals surface area contributed by atoms with Gasteiger partial charge in [0.2, 0.25) is 3.79 Å². The number of esters is 1. The molecule has 0 aliphatic rings. The van der Waals surface area contributed by atoms with Gasteiger partial charge in [-0.1, -0.05) is 71.9 Å². The van der Waals surface area contributed by atoms with Gasteiger partial charge < -0.3 is 9.47 Å². The van der Waals surface area contributed by atoms with Gasteiger partial charge >= 0.3 is 5.97 Å². The Morgan fingerprint density at radius 1 is 1.27 bits per heavy atom. The highest BCUT2D eigenvalue weighted by molar-refractivity contribution is 8.00. The Morgan fingerprint density at radius 3 is 2.41 bits per heavy atom. The van der Waals surface area contributed by atoms with E-state index in [9.17, 15) is 4.79 Å².